The molecule has 0 saturated carbocycles. The summed E-state index contributed by atoms with van der Waals surface area (Å²) in [5.41, 5.74) is 2.73. The Morgan fingerprint density at radius 2 is 1.82 bits per heavy atom. The summed E-state index contributed by atoms with van der Waals surface area (Å²) in [6, 6.07) is 14.0. The van der Waals surface area contributed by atoms with Crippen molar-refractivity contribution in [1.29, 1.82) is 0 Å². The minimum atomic E-state index is -0.547. The largest absolute Gasteiger partial charge is 0.486 e. The fraction of sp³-hybridized carbons (Fsp3) is 0.316. The number of rotatable bonds is 4. The van der Waals surface area contributed by atoms with Gasteiger partial charge in [0.1, 0.15) is 19.5 Å². The van der Waals surface area contributed by atoms with Crippen molar-refractivity contribution in [3.05, 3.63) is 59.2 Å². The van der Waals surface area contributed by atoms with Gasteiger partial charge in [-0.15, -0.1) is 0 Å². The molecule has 0 fully saturated rings. The van der Waals surface area contributed by atoms with Crippen LogP contribution in [0.4, 0.5) is 0 Å². The summed E-state index contributed by atoms with van der Waals surface area (Å²) in [4.78, 5) is 11.8. The first-order valence-corrected chi connectivity index (χ1v) is 7.53. The first-order valence-electron chi connectivity index (χ1n) is 7.53. The Labute approximate surface area is 130 Å². The summed E-state index contributed by atoms with van der Waals surface area (Å²) in [6.45, 7) is 5.18. The van der Waals surface area contributed by atoms with E-state index in [1.165, 1.54) is 0 Å². The van der Waals surface area contributed by atoms with E-state index >= 15 is 0 Å². The molecule has 2 aromatic carbocycles. The monoisotopic (exact) mass is 296 g/mol. The maximum Gasteiger partial charge on any atom is 0.161 e. The molecule has 1 aliphatic heterocycles. The zero-order chi connectivity index (χ0) is 15.6. The number of carbonyl (C=O) groups is 1. The van der Waals surface area contributed by atoms with E-state index in [9.17, 15) is 4.79 Å². The van der Waals surface area contributed by atoms with Gasteiger partial charge in [-0.25, -0.2) is 0 Å². The molecule has 0 N–H and O–H groups in total. The Kier molecular flexibility index (Phi) is 3.88. The molecule has 0 saturated heterocycles. The van der Waals surface area contributed by atoms with Gasteiger partial charge < -0.3 is 14.3 Å². The standard InChI is InChI=1S/C19H20O3/c1-14-5-3-4-6-16(14)19(2,13-20)12-15-7-8-17-18(11-15)22-10-9-21-17/h3-8,11,13H,9-10,12H2,1-2H3. The van der Waals surface area contributed by atoms with Crippen LogP contribution in [-0.2, 0) is 16.6 Å². The van der Waals surface area contributed by atoms with Gasteiger partial charge in [0.25, 0.3) is 0 Å². The number of fused-ring (bicyclic) bond motifs is 1. The summed E-state index contributed by atoms with van der Waals surface area (Å²) in [5.74, 6) is 1.54. The second-order valence-electron chi connectivity index (χ2n) is 6.01. The van der Waals surface area contributed by atoms with Crippen LogP contribution in [0.1, 0.15) is 23.6 Å². The number of carbonyl (C=O) groups excluding carboxylic acids is 1. The zero-order valence-electron chi connectivity index (χ0n) is 13.0. The molecule has 1 aliphatic rings. The third-order valence-electron chi connectivity index (χ3n) is 4.20. The molecule has 1 atom stereocenters. The summed E-state index contributed by atoms with van der Waals surface area (Å²) in [7, 11) is 0. The predicted octanol–water partition coefficient (Wildman–Crippen LogP) is 3.47. The minimum Gasteiger partial charge on any atom is -0.486 e. The SMILES string of the molecule is Cc1ccccc1C(C)(C=O)Cc1ccc2c(c1)OCCO2. The number of hydrogen-bond acceptors (Lipinski definition) is 3. The Bertz CT molecular complexity index is 693. The van der Waals surface area contributed by atoms with Crippen LogP contribution in [0.2, 0.25) is 0 Å². The fourth-order valence-corrected chi connectivity index (χ4v) is 3.04. The van der Waals surface area contributed by atoms with Gasteiger partial charge in [-0.3, -0.25) is 0 Å². The molecule has 0 radical (unpaired) electrons. The Morgan fingerprint density at radius 3 is 2.55 bits per heavy atom. The molecule has 3 nitrogen and oxygen atoms in total. The van der Waals surface area contributed by atoms with Crippen molar-refractivity contribution in [2.75, 3.05) is 13.2 Å². The van der Waals surface area contributed by atoms with Gasteiger partial charge in [0.2, 0.25) is 0 Å². The highest BCUT2D eigenvalue weighted by Crippen LogP contribution is 2.34. The van der Waals surface area contributed by atoms with Crippen molar-refractivity contribution in [2.45, 2.75) is 25.7 Å². The van der Waals surface area contributed by atoms with Crippen LogP contribution in [0.5, 0.6) is 11.5 Å². The number of aryl methyl sites for hydroxylation is 1. The van der Waals surface area contributed by atoms with Crippen molar-refractivity contribution in [3.8, 4) is 11.5 Å². The van der Waals surface area contributed by atoms with E-state index in [4.69, 9.17) is 9.47 Å². The van der Waals surface area contributed by atoms with Crippen LogP contribution < -0.4 is 9.47 Å². The summed E-state index contributed by atoms with van der Waals surface area (Å²) >= 11 is 0. The van der Waals surface area contributed by atoms with Crippen molar-refractivity contribution >= 4 is 6.29 Å². The van der Waals surface area contributed by atoms with Crippen molar-refractivity contribution in [1.82, 2.24) is 0 Å². The van der Waals surface area contributed by atoms with Gasteiger partial charge in [0.15, 0.2) is 11.5 Å². The van der Waals surface area contributed by atoms with Gasteiger partial charge >= 0.3 is 0 Å². The lowest BCUT2D eigenvalue weighted by Gasteiger charge is -2.26. The second-order valence-corrected chi connectivity index (χ2v) is 6.01. The van der Waals surface area contributed by atoms with Gasteiger partial charge in [0.05, 0.1) is 5.41 Å². The van der Waals surface area contributed by atoms with Crippen LogP contribution in [0, 0.1) is 6.92 Å². The van der Waals surface area contributed by atoms with Crippen LogP contribution >= 0.6 is 0 Å². The zero-order valence-corrected chi connectivity index (χ0v) is 13.0. The minimum absolute atomic E-state index is 0.547. The second kappa shape index (κ2) is 5.84. The number of ether oxygens (including phenoxy) is 2. The average molecular weight is 296 g/mol. The lowest BCUT2D eigenvalue weighted by Crippen LogP contribution is -2.28. The van der Waals surface area contributed by atoms with E-state index in [0.29, 0.717) is 19.6 Å². The molecule has 0 amide bonds. The number of aldehydes is 1. The summed E-state index contributed by atoms with van der Waals surface area (Å²) in [5, 5.41) is 0. The molecule has 114 valence electrons. The van der Waals surface area contributed by atoms with Crippen LogP contribution in [0.3, 0.4) is 0 Å². The Balaban J connectivity index is 1.93. The molecule has 3 heteroatoms. The molecule has 2 aromatic rings. The molecular weight excluding hydrogens is 276 g/mol. The van der Waals surface area contributed by atoms with Gasteiger partial charge in [0, 0.05) is 0 Å². The Hall–Kier alpha value is -2.29. The van der Waals surface area contributed by atoms with E-state index in [-0.39, 0.29) is 0 Å². The highest BCUT2D eigenvalue weighted by atomic mass is 16.6. The van der Waals surface area contributed by atoms with Crippen LogP contribution in [0.25, 0.3) is 0 Å². The molecular formula is C19H20O3. The maximum absolute atomic E-state index is 11.8. The quantitative estimate of drug-likeness (QED) is 0.811. The lowest BCUT2D eigenvalue weighted by atomic mass is 9.77. The third-order valence-corrected chi connectivity index (χ3v) is 4.20. The molecule has 22 heavy (non-hydrogen) atoms. The molecule has 0 aromatic heterocycles. The number of benzene rings is 2. The van der Waals surface area contributed by atoms with Crippen LogP contribution in [-0.4, -0.2) is 19.5 Å². The summed E-state index contributed by atoms with van der Waals surface area (Å²) < 4.78 is 11.2. The lowest BCUT2D eigenvalue weighted by molar-refractivity contribution is -0.112. The van der Waals surface area contributed by atoms with E-state index in [0.717, 1.165) is 34.5 Å². The summed E-state index contributed by atoms with van der Waals surface area (Å²) in [6.07, 6.45) is 1.68. The third kappa shape index (κ3) is 2.71. The normalized spacial score (nSPS) is 15.9. The van der Waals surface area contributed by atoms with Crippen molar-refractivity contribution in [2.24, 2.45) is 0 Å². The molecule has 3 rings (SSSR count). The smallest absolute Gasteiger partial charge is 0.161 e. The fourth-order valence-electron chi connectivity index (χ4n) is 3.04. The first-order chi connectivity index (χ1) is 10.6. The topological polar surface area (TPSA) is 35.5 Å². The highest BCUT2D eigenvalue weighted by molar-refractivity contribution is 5.70. The highest BCUT2D eigenvalue weighted by Gasteiger charge is 2.28. The van der Waals surface area contributed by atoms with Gasteiger partial charge in [-0.2, -0.15) is 0 Å². The van der Waals surface area contributed by atoms with E-state index in [2.05, 4.69) is 0 Å². The van der Waals surface area contributed by atoms with Gasteiger partial charge in [-0.1, -0.05) is 30.3 Å². The first kappa shape index (κ1) is 14.6. The molecule has 0 aliphatic carbocycles. The predicted molar refractivity (Wildman–Crippen MR) is 85.7 cm³/mol. The molecule has 1 heterocycles. The Morgan fingerprint density at radius 1 is 1.09 bits per heavy atom. The van der Waals surface area contributed by atoms with Gasteiger partial charge in [-0.05, 0) is 49.1 Å². The van der Waals surface area contributed by atoms with E-state index < -0.39 is 5.41 Å². The molecule has 0 bridgehead atoms. The maximum atomic E-state index is 11.8. The van der Waals surface area contributed by atoms with Crippen molar-refractivity contribution in [3.63, 3.8) is 0 Å². The van der Waals surface area contributed by atoms with Crippen molar-refractivity contribution < 1.29 is 14.3 Å². The average Bonchev–Trinajstić information content (AvgIpc) is 2.55. The van der Waals surface area contributed by atoms with E-state index in [1.54, 1.807) is 0 Å². The van der Waals surface area contributed by atoms with E-state index in [1.807, 2.05) is 56.3 Å². The molecule has 0 spiro atoms. The molecule has 1 unspecified atom stereocenters. The van der Waals surface area contributed by atoms with Crippen LogP contribution in [0.15, 0.2) is 42.5 Å². The number of hydrogen-bond donors (Lipinski definition) is 0.